The zero-order valence-corrected chi connectivity index (χ0v) is 13.0. The van der Waals surface area contributed by atoms with Crippen LogP contribution in [0, 0.1) is 0 Å². The van der Waals surface area contributed by atoms with Crippen LogP contribution in [0.4, 0.5) is 4.79 Å². The molecule has 0 saturated heterocycles. The molecule has 1 rings (SSSR count). The lowest BCUT2D eigenvalue weighted by molar-refractivity contribution is -0.149. The highest BCUT2D eigenvalue weighted by Gasteiger charge is 2.24. The van der Waals surface area contributed by atoms with E-state index in [2.05, 4.69) is 0 Å². The van der Waals surface area contributed by atoms with Gasteiger partial charge in [-0.1, -0.05) is 6.08 Å². The highest BCUT2D eigenvalue weighted by molar-refractivity contribution is 5.92. The molecule has 0 radical (unpaired) electrons. The molecule has 5 nitrogen and oxygen atoms in total. The van der Waals surface area contributed by atoms with Crippen molar-refractivity contribution in [3.8, 4) is 0 Å². The second-order valence-corrected chi connectivity index (χ2v) is 6.61. The van der Waals surface area contributed by atoms with Crippen LogP contribution in [-0.2, 0) is 14.3 Å². The lowest BCUT2D eigenvalue weighted by Gasteiger charge is -2.26. The van der Waals surface area contributed by atoms with Crippen LogP contribution in [0.15, 0.2) is 23.9 Å². The van der Waals surface area contributed by atoms with Gasteiger partial charge in [0.1, 0.15) is 11.2 Å². The van der Waals surface area contributed by atoms with E-state index >= 15 is 0 Å². The van der Waals surface area contributed by atoms with E-state index in [4.69, 9.17) is 9.47 Å². The summed E-state index contributed by atoms with van der Waals surface area (Å²) in [5.74, 6) is -0.391. The Kier molecular flexibility index (Phi) is 4.63. The normalized spacial score (nSPS) is 15.7. The van der Waals surface area contributed by atoms with Gasteiger partial charge < -0.3 is 9.47 Å². The molecule has 0 unspecified atom stereocenters. The zero-order valence-electron chi connectivity index (χ0n) is 13.0. The monoisotopic (exact) mass is 281 g/mol. The maximum atomic E-state index is 11.8. The first-order valence-electron chi connectivity index (χ1n) is 6.59. The summed E-state index contributed by atoms with van der Waals surface area (Å²) in [5, 5.41) is 0. The van der Waals surface area contributed by atoms with Crippen LogP contribution in [0.5, 0.6) is 0 Å². The van der Waals surface area contributed by atoms with Crippen molar-refractivity contribution < 1.29 is 19.1 Å². The first-order chi connectivity index (χ1) is 8.98. The summed E-state index contributed by atoms with van der Waals surface area (Å²) in [4.78, 5) is 25.1. The first-order valence-corrected chi connectivity index (χ1v) is 6.59. The van der Waals surface area contributed by atoms with Crippen LogP contribution >= 0.6 is 0 Å². The van der Waals surface area contributed by atoms with Gasteiger partial charge in [0, 0.05) is 12.7 Å². The Balaban J connectivity index is 2.60. The van der Waals surface area contributed by atoms with Gasteiger partial charge in [0.15, 0.2) is 0 Å². The number of hydrogen-bond donors (Lipinski definition) is 0. The van der Waals surface area contributed by atoms with Gasteiger partial charge in [-0.2, -0.15) is 0 Å². The summed E-state index contributed by atoms with van der Waals surface area (Å²) in [6.45, 7) is 11.1. The van der Waals surface area contributed by atoms with Crippen LogP contribution < -0.4 is 0 Å². The van der Waals surface area contributed by atoms with Crippen molar-refractivity contribution in [3.63, 3.8) is 0 Å². The van der Waals surface area contributed by atoms with Crippen LogP contribution in [0.3, 0.4) is 0 Å². The van der Waals surface area contributed by atoms with Crippen LogP contribution in [0.25, 0.3) is 0 Å². The summed E-state index contributed by atoms with van der Waals surface area (Å²) < 4.78 is 10.5. The van der Waals surface area contributed by atoms with Crippen molar-refractivity contribution in [1.82, 2.24) is 4.90 Å². The van der Waals surface area contributed by atoms with Crippen molar-refractivity contribution in [2.45, 2.75) is 52.7 Å². The Morgan fingerprint density at radius 3 is 2.00 bits per heavy atom. The van der Waals surface area contributed by atoms with Gasteiger partial charge >= 0.3 is 12.1 Å². The van der Waals surface area contributed by atoms with Gasteiger partial charge in [-0.05, 0) is 47.6 Å². The van der Waals surface area contributed by atoms with Gasteiger partial charge in [-0.25, -0.2) is 9.59 Å². The third-order valence-electron chi connectivity index (χ3n) is 2.20. The van der Waals surface area contributed by atoms with E-state index < -0.39 is 23.3 Å². The van der Waals surface area contributed by atoms with Gasteiger partial charge in [-0.15, -0.1) is 0 Å². The SMILES string of the molecule is CC(C)(C)OC(=O)C1=CCN(C(=O)OC(C)(C)C)C=C1. The fourth-order valence-corrected chi connectivity index (χ4v) is 1.44. The third kappa shape index (κ3) is 5.47. The Morgan fingerprint density at radius 2 is 1.60 bits per heavy atom. The number of hydrogen-bond acceptors (Lipinski definition) is 4. The van der Waals surface area contributed by atoms with Crippen molar-refractivity contribution in [2.75, 3.05) is 6.54 Å². The molecule has 5 heteroatoms. The predicted molar refractivity (Wildman–Crippen MR) is 76.0 cm³/mol. The maximum absolute atomic E-state index is 11.8. The predicted octanol–water partition coefficient (Wildman–Crippen LogP) is 3.02. The fraction of sp³-hybridized carbons (Fsp3) is 0.600. The summed E-state index contributed by atoms with van der Waals surface area (Å²) in [6, 6.07) is 0. The number of esters is 1. The van der Waals surface area contributed by atoms with Crippen LogP contribution in [0.2, 0.25) is 0 Å². The van der Waals surface area contributed by atoms with Crippen molar-refractivity contribution in [3.05, 3.63) is 23.9 Å². The number of carbonyl (C=O) groups excluding carboxylic acids is 2. The second-order valence-electron chi connectivity index (χ2n) is 6.61. The van der Waals surface area contributed by atoms with E-state index in [1.165, 1.54) is 11.1 Å². The minimum atomic E-state index is -0.542. The van der Waals surface area contributed by atoms with E-state index in [0.717, 1.165) is 0 Å². The minimum Gasteiger partial charge on any atom is -0.456 e. The maximum Gasteiger partial charge on any atom is 0.414 e. The number of rotatable bonds is 1. The Bertz CT molecular complexity index is 449. The van der Waals surface area contributed by atoms with Gasteiger partial charge in [0.25, 0.3) is 0 Å². The standard InChI is InChI=1S/C15H23NO4/c1-14(2,3)19-12(17)11-7-9-16(10-8-11)13(18)20-15(4,5)6/h7-9H,10H2,1-6H3. The molecular weight excluding hydrogens is 258 g/mol. The molecule has 0 aliphatic carbocycles. The minimum absolute atomic E-state index is 0.292. The molecular formula is C15H23NO4. The molecule has 0 aromatic carbocycles. The van der Waals surface area contributed by atoms with Crippen molar-refractivity contribution in [2.24, 2.45) is 0 Å². The molecule has 0 bridgehead atoms. The van der Waals surface area contributed by atoms with Crippen LogP contribution in [0.1, 0.15) is 41.5 Å². The smallest absolute Gasteiger partial charge is 0.414 e. The highest BCUT2D eigenvalue weighted by Crippen LogP contribution is 2.16. The molecule has 20 heavy (non-hydrogen) atoms. The molecule has 112 valence electrons. The van der Waals surface area contributed by atoms with E-state index in [1.807, 2.05) is 20.8 Å². The van der Waals surface area contributed by atoms with E-state index in [0.29, 0.717) is 12.1 Å². The molecule has 1 heterocycles. The second kappa shape index (κ2) is 5.69. The third-order valence-corrected chi connectivity index (χ3v) is 2.20. The molecule has 0 fully saturated rings. The van der Waals surface area contributed by atoms with Gasteiger partial charge in [-0.3, -0.25) is 4.90 Å². The van der Waals surface area contributed by atoms with E-state index in [-0.39, 0.29) is 0 Å². The van der Waals surface area contributed by atoms with Crippen LogP contribution in [-0.4, -0.2) is 34.7 Å². The molecule has 0 saturated carbocycles. The lowest BCUT2D eigenvalue weighted by atomic mass is 10.1. The molecule has 0 N–H and O–H groups in total. The lowest BCUT2D eigenvalue weighted by Crippen LogP contribution is -2.35. The van der Waals surface area contributed by atoms with E-state index in [9.17, 15) is 9.59 Å². The molecule has 0 aromatic heterocycles. The van der Waals surface area contributed by atoms with Crippen molar-refractivity contribution in [1.29, 1.82) is 0 Å². The fourth-order valence-electron chi connectivity index (χ4n) is 1.44. The molecule has 0 spiro atoms. The summed E-state index contributed by atoms with van der Waals surface area (Å²) >= 11 is 0. The van der Waals surface area contributed by atoms with E-state index in [1.54, 1.807) is 32.9 Å². The summed E-state index contributed by atoms with van der Waals surface area (Å²) in [7, 11) is 0. The first kappa shape index (κ1) is 16.3. The quantitative estimate of drug-likeness (QED) is 0.693. The average Bonchev–Trinajstić information content (AvgIpc) is 2.24. The van der Waals surface area contributed by atoms with Crippen molar-refractivity contribution >= 4 is 12.1 Å². The summed E-state index contributed by atoms with van der Waals surface area (Å²) in [6.07, 6.45) is 4.31. The molecule has 1 aliphatic rings. The topological polar surface area (TPSA) is 55.8 Å². The number of nitrogens with zero attached hydrogens (tertiary/aromatic N) is 1. The van der Waals surface area contributed by atoms with Gasteiger partial charge in [0.2, 0.25) is 0 Å². The molecule has 1 aliphatic heterocycles. The van der Waals surface area contributed by atoms with Gasteiger partial charge in [0.05, 0.1) is 5.57 Å². The number of ether oxygens (including phenoxy) is 2. The zero-order chi connectivity index (χ0) is 15.6. The summed E-state index contributed by atoms with van der Waals surface area (Å²) in [5.41, 5.74) is -0.631. The largest absolute Gasteiger partial charge is 0.456 e. The Labute approximate surface area is 120 Å². The highest BCUT2D eigenvalue weighted by atomic mass is 16.6. The number of carbonyl (C=O) groups is 2. The number of amides is 1. The molecule has 0 aromatic rings. The molecule has 1 amide bonds. The Morgan fingerprint density at radius 1 is 1.05 bits per heavy atom. The molecule has 0 atom stereocenters. The Hall–Kier alpha value is -1.78. The average molecular weight is 281 g/mol.